The van der Waals surface area contributed by atoms with Crippen LogP contribution in [0.3, 0.4) is 0 Å². The van der Waals surface area contributed by atoms with E-state index >= 15 is 0 Å². The molecule has 11 rings (SSSR count). The van der Waals surface area contributed by atoms with Crippen LogP contribution < -0.4 is 15.5 Å². The van der Waals surface area contributed by atoms with E-state index in [2.05, 4.69) is 198 Å². The molecule has 0 amide bonds. The van der Waals surface area contributed by atoms with Gasteiger partial charge >= 0.3 is 0 Å². The monoisotopic (exact) mass is 718 g/mol. The second-order valence-corrected chi connectivity index (χ2v) is 15.0. The SMILES string of the molecule is CC1C=c2c(c3cc(N(c4ccc(-c5ccc6ccc7oc8ccccc8c7c6c5)cc4)c4cccc(-c5ccccc5)c4)ccc3n2-c2ccccc2)=CC1. The number of aromatic nitrogens is 1. The topological polar surface area (TPSA) is 21.3 Å². The molecular weight excluding hydrogens is 681 g/mol. The van der Waals surface area contributed by atoms with Gasteiger partial charge in [-0.15, -0.1) is 0 Å². The Labute approximate surface area is 325 Å². The minimum Gasteiger partial charge on any atom is -0.456 e. The predicted molar refractivity (Wildman–Crippen MR) is 236 cm³/mol. The Kier molecular flexibility index (Phi) is 7.53. The molecule has 266 valence electrons. The van der Waals surface area contributed by atoms with Crippen molar-refractivity contribution in [1.29, 1.82) is 0 Å². The Morgan fingerprint density at radius 1 is 0.518 bits per heavy atom. The zero-order chi connectivity index (χ0) is 37.2. The number of benzene rings is 8. The number of furan rings is 1. The molecule has 0 N–H and O–H groups in total. The molecule has 3 nitrogen and oxygen atoms in total. The van der Waals surface area contributed by atoms with E-state index in [0.717, 1.165) is 40.0 Å². The van der Waals surface area contributed by atoms with Crippen molar-refractivity contribution in [2.45, 2.75) is 13.3 Å². The van der Waals surface area contributed by atoms with Crippen LogP contribution in [0.15, 0.2) is 186 Å². The molecule has 2 heterocycles. The first-order valence-corrected chi connectivity index (χ1v) is 19.5. The second kappa shape index (κ2) is 13.0. The Hall–Kier alpha value is -7.10. The smallest absolute Gasteiger partial charge is 0.136 e. The summed E-state index contributed by atoms with van der Waals surface area (Å²) in [6.07, 6.45) is 5.91. The molecule has 0 fully saturated rings. The van der Waals surface area contributed by atoms with Gasteiger partial charge in [0.25, 0.3) is 0 Å². The fourth-order valence-electron chi connectivity index (χ4n) is 8.77. The van der Waals surface area contributed by atoms with E-state index in [9.17, 15) is 0 Å². The maximum absolute atomic E-state index is 6.24. The van der Waals surface area contributed by atoms with Gasteiger partial charge in [-0.25, -0.2) is 0 Å². The standard InChI is InChI=1S/C53H38N2O/c1-35-19-28-45-48-34-44(27-29-49(48)55(50(45)31-35)41-14-6-3-7-15-41)54(43-16-10-13-39(32-43)36-11-4-2-5-12-36)42-25-22-37(23-26-42)40-21-20-38-24-30-52-53(47(38)33-40)46-17-8-9-18-51(46)56-52/h2-18,20-35H,19H2,1H3. The molecule has 0 radical (unpaired) electrons. The van der Waals surface area contributed by atoms with Crippen LogP contribution in [0.25, 0.3) is 83.7 Å². The van der Waals surface area contributed by atoms with Crippen molar-refractivity contribution in [2.24, 2.45) is 5.92 Å². The number of rotatable bonds is 6. The quantitative estimate of drug-likeness (QED) is 0.171. The third-order valence-corrected chi connectivity index (χ3v) is 11.5. The second-order valence-electron chi connectivity index (χ2n) is 15.0. The molecule has 0 saturated carbocycles. The molecule has 8 aromatic carbocycles. The van der Waals surface area contributed by atoms with Gasteiger partial charge in [0.05, 0.1) is 10.9 Å². The van der Waals surface area contributed by atoms with Crippen molar-refractivity contribution in [3.8, 4) is 27.9 Å². The fourth-order valence-corrected chi connectivity index (χ4v) is 8.77. The molecule has 0 spiro atoms. The van der Waals surface area contributed by atoms with E-state index < -0.39 is 0 Å². The van der Waals surface area contributed by atoms with Crippen molar-refractivity contribution in [3.05, 3.63) is 193 Å². The van der Waals surface area contributed by atoms with Gasteiger partial charge in [-0.3, -0.25) is 0 Å². The minimum atomic E-state index is 0.483. The van der Waals surface area contributed by atoms with E-state index in [1.165, 1.54) is 65.6 Å². The average molecular weight is 719 g/mol. The maximum Gasteiger partial charge on any atom is 0.136 e. The summed E-state index contributed by atoms with van der Waals surface area (Å²) in [5.41, 5.74) is 12.3. The molecule has 0 saturated heterocycles. The van der Waals surface area contributed by atoms with Crippen LogP contribution in [-0.4, -0.2) is 4.57 Å². The summed E-state index contributed by atoms with van der Waals surface area (Å²) in [4.78, 5) is 2.40. The third kappa shape index (κ3) is 5.35. The summed E-state index contributed by atoms with van der Waals surface area (Å²) >= 11 is 0. The van der Waals surface area contributed by atoms with Gasteiger partial charge in [0.1, 0.15) is 11.2 Å². The lowest BCUT2D eigenvalue weighted by Crippen LogP contribution is -2.31. The number of hydrogen-bond acceptors (Lipinski definition) is 2. The largest absolute Gasteiger partial charge is 0.456 e. The molecule has 0 aliphatic heterocycles. The van der Waals surface area contributed by atoms with Crippen molar-refractivity contribution in [3.63, 3.8) is 0 Å². The van der Waals surface area contributed by atoms with Crippen molar-refractivity contribution in [2.75, 3.05) is 4.90 Å². The number of anilines is 3. The van der Waals surface area contributed by atoms with E-state index in [4.69, 9.17) is 4.42 Å². The van der Waals surface area contributed by atoms with Gasteiger partial charge in [-0.05, 0) is 118 Å². The van der Waals surface area contributed by atoms with Crippen LogP contribution in [0.5, 0.6) is 0 Å². The van der Waals surface area contributed by atoms with Gasteiger partial charge in [0, 0.05) is 44.1 Å². The van der Waals surface area contributed by atoms with Crippen LogP contribution in [0, 0.1) is 5.92 Å². The van der Waals surface area contributed by atoms with Crippen LogP contribution in [0.1, 0.15) is 13.3 Å². The molecule has 0 bridgehead atoms. The Morgan fingerprint density at radius 3 is 2.05 bits per heavy atom. The molecule has 2 aromatic heterocycles. The lowest BCUT2D eigenvalue weighted by Gasteiger charge is -2.26. The van der Waals surface area contributed by atoms with Crippen LogP contribution >= 0.6 is 0 Å². The molecule has 1 aliphatic carbocycles. The highest BCUT2D eigenvalue weighted by Gasteiger charge is 2.19. The lowest BCUT2D eigenvalue weighted by atomic mass is 9.97. The minimum absolute atomic E-state index is 0.483. The Balaban J connectivity index is 1.07. The zero-order valence-electron chi connectivity index (χ0n) is 31.1. The van der Waals surface area contributed by atoms with Gasteiger partial charge in [0.15, 0.2) is 0 Å². The molecule has 10 aromatic rings. The van der Waals surface area contributed by atoms with E-state index in [1.54, 1.807) is 0 Å². The summed E-state index contributed by atoms with van der Waals surface area (Å²) in [6, 6.07) is 65.7. The summed E-state index contributed by atoms with van der Waals surface area (Å²) in [5, 5.41) is 8.58. The number of para-hydroxylation sites is 2. The normalized spacial score (nSPS) is 13.8. The first kappa shape index (κ1) is 32.3. The summed E-state index contributed by atoms with van der Waals surface area (Å²) in [5.74, 6) is 0.483. The highest BCUT2D eigenvalue weighted by Crippen LogP contribution is 2.40. The predicted octanol–water partition coefficient (Wildman–Crippen LogP) is 13.1. The Morgan fingerprint density at radius 2 is 1.20 bits per heavy atom. The van der Waals surface area contributed by atoms with Gasteiger partial charge < -0.3 is 13.9 Å². The van der Waals surface area contributed by atoms with E-state index in [1.807, 2.05) is 12.1 Å². The molecular formula is C53H38N2O. The number of hydrogen-bond donors (Lipinski definition) is 0. The highest BCUT2D eigenvalue weighted by atomic mass is 16.3. The molecule has 56 heavy (non-hydrogen) atoms. The van der Waals surface area contributed by atoms with Gasteiger partial charge in [-0.1, -0.05) is 128 Å². The van der Waals surface area contributed by atoms with E-state index in [-0.39, 0.29) is 0 Å². The summed E-state index contributed by atoms with van der Waals surface area (Å²) in [7, 11) is 0. The van der Waals surface area contributed by atoms with Gasteiger partial charge in [0.2, 0.25) is 0 Å². The molecule has 1 aliphatic rings. The van der Waals surface area contributed by atoms with Crippen LogP contribution in [0.2, 0.25) is 0 Å². The first-order valence-electron chi connectivity index (χ1n) is 19.5. The summed E-state index contributed by atoms with van der Waals surface area (Å²) in [6.45, 7) is 2.31. The number of nitrogens with zero attached hydrogens (tertiary/aromatic N) is 2. The van der Waals surface area contributed by atoms with Crippen molar-refractivity contribution >= 4 is 72.8 Å². The van der Waals surface area contributed by atoms with Crippen molar-refractivity contribution in [1.82, 2.24) is 4.57 Å². The zero-order valence-corrected chi connectivity index (χ0v) is 31.1. The average Bonchev–Trinajstić information content (AvgIpc) is 3.80. The summed E-state index contributed by atoms with van der Waals surface area (Å²) < 4.78 is 8.67. The molecule has 1 atom stereocenters. The van der Waals surface area contributed by atoms with Crippen LogP contribution in [0.4, 0.5) is 17.1 Å². The van der Waals surface area contributed by atoms with Crippen molar-refractivity contribution < 1.29 is 4.42 Å². The fraction of sp³-hybridized carbons (Fsp3) is 0.0566. The van der Waals surface area contributed by atoms with Gasteiger partial charge in [-0.2, -0.15) is 0 Å². The first-order chi connectivity index (χ1) is 27.7. The molecule has 3 heteroatoms. The number of fused-ring (bicyclic) bond motifs is 8. The highest BCUT2D eigenvalue weighted by molar-refractivity contribution is 6.19. The third-order valence-electron chi connectivity index (χ3n) is 11.5. The lowest BCUT2D eigenvalue weighted by molar-refractivity contribution is 0.669. The molecule has 1 unspecified atom stereocenters. The maximum atomic E-state index is 6.24. The Bertz CT molecular complexity index is 3230. The van der Waals surface area contributed by atoms with Crippen LogP contribution in [-0.2, 0) is 0 Å². The van der Waals surface area contributed by atoms with E-state index in [0.29, 0.717) is 5.92 Å².